The molecule has 0 radical (unpaired) electrons. The molecule has 0 bridgehead atoms. The van der Waals surface area contributed by atoms with Crippen LogP contribution in [0.3, 0.4) is 0 Å². The van der Waals surface area contributed by atoms with Crippen LogP contribution in [0.15, 0.2) is 0 Å². The maximum absolute atomic E-state index is 9.77. The van der Waals surface area contributed by atoms with Gasteiger partial charge in [0.25, 0.3) is 0 Å². The maximum atomic E-state index is 9.77. The average Bonchev–Trinajstić information content (AvgIpc) is 2.52. The van der Waals surface area contributed by atoms with Crippen molar-refractivity contribution in [1.29, 1.82) is 0 Å². The first kappa shape index (κ1) is 15.2. The molecule has 4 heteroatoms. The van der Waals surface area contributed by atoms with Gasteiger partial charge in [-0.1, -0.05) is 13.8 Å². The highest BCUT2D eigenvalue weighted by Crippen LogP contribution is 2.20. The molecule has 2 atom stereocenters. The highest BCUT2D eigenvalue weighted by Gasteiger charge is 2.16. The van der Waals surface area contributed by atoms with Crippen molar-refractivity contribution in [3.8, 4) is 0 Å². The first-order valence-corrected chi connectivity index (χ1v) is 6.76. The van der Waals surface area contributed by atoms with Gasteiger partial charge in [-0.2, -0.15) is 5.10 Å². The summed E-state index contributed by atoms with van der Waals surface area (Å²) < 4.78 is 1.92. The minimum Gasteiger partial charge on any atom is -0.393 e. The summed E-state index contributed by atoms with van der Waals surface area (Å²) in [7, 11) is 1.97. The average molecular weight is 253 g/mol. The number of hydrogen-bond acceptors (Lipinski definition) is 3. The Labute approximate surface area is 110 Å². The van der Waals surface area contributed by atoms with E-state index in [2.05, 4.69) is 24.3 Å². The van der Waals surface area contributed by atoms with Crippen LogP contribution >= 0.6 is 0 Å². The number of nitrogens with zero attached hydrogens (tertiary/aromatic N) is 2. The van der Waals surface area contributed by atoms with E-state index in [-0.39, 0.29) is 12.1 Å². The van der Waals surface area contributed by atoms with Gasteiger partial charge in [0.15, 0.2) is 0 Å². The van der Waals surface area contributed by atoms with E-state index >= 15 is 0 Å². The second-order valence-electron chi connectivity index (χ2n) is 5.48. The van der Waals surface area contributed by atoms with Crippen molar-refractivity contribution >= 4 is 0 Å². The van der Waals surface area contributed by atoms with E-state index in [0.717, 1.165) is 18.7 Å². The highest BCUT2D eigenvalue weighted by molar-refractivity contribution is 5.27. The van der Waals surface area contributed by atoms with Gasteiger partial charge in [-0.05, 0) is 39.7 Å². The van der Waals surface area contributed by atoms with Crippen molar-refractivity contribution in [1.82, 2.24) is 15.1 Å². The van der Waals surface area contributed by atoms with Gasteiger partial charge >= 0.3 is 0 Å². The molecule has 1 aromatic heterocycles. The number of hydrogen-bond donors (Lipinski definition) is 2. The Morgan fingerprint density at radius 2 is 1.89 bits per heavy atom. The molecule has 1 heterocycles. The number of aryl methyl sites for hydroxylation is 2. The molecule has 1 rings (SSSR count). The van der Waals surface area contributed by atoms with Crippen molar-refractivity contribution in [2.75, 3.05) is 6.54 Å². The quantitative estimate of drug-likeness (QED) is 0.816. The second kappa shape index (κ2) is 6.34. The van der Waals surface area contributed by atoms with E-state index in [4.69, 9.17) is 0 Å². The van der Waals surface area contributed by atoms with Crippen molar-refractivity contribution in [2.45, 2.75) is 53.2 Å². The van der Waals surface area contributed by atoms with Gasteiger partial charge in [-0.15, -0.1) is 0 Å². The Morgan fingerprint density at radius 1 is 1.28 bits per heavy atom. The van der Waals surface area contributed by atoms with Gasteiger partial charge < -0.3 is 10.4 Å². The predicted octanol–water partition coefficient (Wildman–Crippen LogP) is 2.09. The van der Waals surface area contributed by atoms with Gasteiger partial charge in [0, 0.05) is 24.3 Å². The summed E-state index contributed by atoms with van der Waals surface area (Å²) in [6.07, 6.45) is 0.571. The molecular weight excluding hydrogens is 226 g/mol. The molecule has 0 amide bonds. The standard InChI is InChI=1S/C14H27N3O/c1-9(2)13(18)7-8-15-10(3)14-11(4)16-17(6)12(14)5/h9-10,13,15,18H,7-8H2,1-6H3. The van der Waals surface area contributed by atoms with Crippen LogP contribution in [-0.4, -0.2) is 27.5 Å². The third-order valence-electron chi connectivity index (χ3n) is 3.66. The van der Waals surface area contributed by atoms with Gasteiger partial charge in [-0.3, -0.25) is 4.68 Å². The van der Waals surface area contributed by atoms with Crippen LogP contribution in [0.4, 0.5) is 0 Å². The van der Waals surface area contributed by atoms with E-state index in [1.807, 2.05) is 32.5 Å². The van der Waals surface area contributed by atoms with Crippen molar-refractivity contribution in [3.63, 3.8) is 0 Å². The lowest BCUT2D eigenvalue weighted by Gasteiger charge is -2.18. The zero-order valence-corrected chi connectivity index (χ0v) is 12.5. The van der Waals surface area contributed by atoms with Crippen molar-refractivity contribution in [2.24, 2.45) is 13.0 Å². The van der Waals surface area contributed by atoms with Crippen LogP contribution in [0.25, 0.3) is 0 Å². The van der Waals surface area contributed by atoms with Gasteiger partial charge in [0.05, 0.1) is 11.8 Å². The Kier molecular flexibility index (Phi) is 5.35. The summed E-state index contributed by atoms with van der Waals surface area (Å²) in [4.78, 5) is 0. The van der Waals surface area contributed by atoms with Crippen LogP contribution in [0, 0.1) is 19.8 Å². The van der Waals surface area contributed by atoms with Crippen LogP contribution in [0.1, 0.15) is 50.2 Å². The summed E-state index contributed by atoms with van der Waals surface area (Å²) >= 11 is 0. The van der Waals surface area contributed by atoms with E-state index in [1.165, 1.54) is 11.3 Å². The first-order valence-electron chi connectivity index (χ1n) is 6.76. The molecule has 0 aliphatic heterocycles. The molecule has 4 nitrogen and oxygen atoms in total. The molecule has 0 aliphatic carbocycles. The summed E-state index contributed by atoms with van der Waals surface area (Å²) in [6, 6.07) is 0.276. The number of aliphatic hydroxyl groups excluding tert-OH is 1. The maximum Gasteiger partial charge on any atom is 0.0644 e. The first-order chi connectivity index (χ1) is 8.34. The third-order valence-corrected chi connectivity index (χ3v) is 3.66. The molecule has 2 unspecified atom stereocenters. The lowest BCUT2D eigenvalue weighted by Crippen LogP contribution is -2.26. The Hall–Kier alpha value is -0.870. The summed E-state index contributed by atoms with van der Waals surface area (Å²) in [5, 5.41) is 17.7. The largest absolute Gasteiger partial charge is 0.393 e. The van der Waals surface area contributed by atoms with E-state index in [0.29, 0.717) is 5.92 Å². The van der Waals surface area contributed by atoms with E-state index in [1.54, 1.807) is 0 Å². The third kappa shape index (κ3) is 3.56. The SMILES string of the molecule is Cc1nn(C)c(C)c1C(C)NCCC(O)C(C)C. The fraction of sp³-hybridized carbons (Fsp3) is 0.786. The molecule has 104 valence electrons. The highest BCUT2D eigenvalue weighted by atomic mass is 16.3. The molecular formula is C14H27N3O. The lowest BCUT2D eigenvalue weighted by molar-refractivity contribution is 0.115. The Morgan fingerprint density at radius 3 is 2.33 bits per heavy atom. The predicted molar refractivity (Wildman–Crippen MR) is 74.6 cm³/mol. The minimum atomic E-state index is -0.221. The fourth-order valence-corrected chi connectivity index (χ4v) is 2.30. The number of aromatic nitrogens is 2. The Balaban J connectivity index is 2.53. The molecule has 0 aliphatic rings. The van der Waals surface area contributed by atoms with Gasteiger partial charge in [0.2, 0.25) is 0 Å². The molecule has 0 spiro atoms. The summed E-state index contributed by atoms with van der Waals surface area (Å²) in [5.41, 5.74) is 3.56. The molecule has 0 saturated heterocycles. The summed E-state index contributed by atoms with van der Waals surface area (Å²) in [5.74, 6) is 0.323. The lowest BCUT2D eigenvalue weighted by atomic mass is 10.0. The fourth-order valence-electron chi connectivity index (χ4n) is 2.30. The number of rotatable bonds is 6. The molecule has 0 fully saturated rings. The van der Waals surface area contributed by atoms with Crippen LogP contribution in [0.2, 0.25) is 0 Å². The zero-order valence-electron chi connectivity index (χ0n) is 12.5. The molecule has 0 aromatic carbocycles. The molecule has 0 saturated carbocycles. The monoisotopic (exact) mass is 253 g/mol. The minimum absolute atomic E-state index is 0.221. The van der Waals surface area contributed by atoms with Crippen molar-refractivity contribution < 1.29 is 5.11 Å². The van der Waals surface area contributed by atoms with E-state index < -0.39 is 0 Å². The number of nitrogens with one attached hydrogen (secondary N) is 1. The molecule has 18 heavy (non-hydrogen) atoms. The van der Waals surface area contributed by atoms with Crippen LogP contribution in [0.5, 0.6) is 0 Å². The summed E-state index contributed by atoms with van der Waals surface area (Å²) in [6.45, 7) is 11.2. The van der Waals surface area contributed by atoms with Crippen LogP contribution in [-0.2, 0) is 7.05 Å². The van der Waals surface area contributed by atoms with Crippen molar-refractivity contribution in [3.05, 3.63) is 17.0 Å². The van der Waals surface area contributed by atoms with E-state index in [9.17, 15) is 5.11 Å². The molecule has 1 aromatic rings. The van der Waals surface area contributed by atoms with Gasteiger partial charge in [-0.25, -0.2) is 0 Å². The Bertz CT molecular complexity index is 385. The number of aliphatic hydroxyl groups is 1. The second-order valence-corrected chi connectivity index (χ2v) is 5.48. The topological polar surface area (TPSA) is 50.1 Å². The zero-order chi connectivity index (χ0) is 13.9. The smallest absolute Gasteiger partial charge is 0.0644 e. The van der Waals surface area contributed by atoms with Gasteiger partial charge in [0.1, 0.15) is 0 Å². The molecule has 2 N–H and O–H groups in total. The normalized spacial score (nSPS) is 15.1. The van der Waals surface area contributed by atoms with Crippen LogP contribution < -0.4 is 5.32 Å².